The highest BCUT2D eigenvalue weighted by Crippen LogP contribution is 2.29. The molecule has 0 aromatic heterocycles. The van der Waals surface area contributed by atoms with E-state index >= 15 is 0 Å². The molecule has 1 aromatic rings. The Kier molecular flexibility index (Phi) is 8.68. The Balaban J connectivity index is 2.22. The van der Waals surface area contributed by atoms with Crippen LogP contribution in [0.4, 0.5) is 42.5 Å². The van der Waals surface area contributed by atoms with E-state index in [-0.39, 0.29) is 18.3 Å². The number of nitro benzene ring substituents is 1. The van der Waals surface area contributed by atoms with Crippen LogP contribution in [-0.2, 0) is 4.74 Å². The second-order valence-electron chi connectivity index (χ2n) is 9.23. The number of amides is 2. The number of hydrogen-bond donors (Lipinski definition) is 1. The molecule has 1 fully saturated rings. The monoisotopic (exact) mass is 528 g/mol. The van der Waals surface area contributed by atoms with E-state index in [0.29, 0.717) is 25.5 Å². The van der Waals surface area contributed by atoms with Crippen LogP contribution >= 0.6 is 0 Å². The number of ether oxygens (including phenoxy) is 1. The molecule has 0 aliphatic carbocycles. The maximum Gasteiger partial charge on any atom is 0.410 e. The fraction of sp³-hybridized carbons (Fsp3) is 0.619. The van der Waals surface area contributed by atoms with Crippen LogP contribution in [0.1, 0.15) is 44.0 Å². The predicted molar refractivity (Wildman–Crippen MR) is 116 cm³/mol. The van der Waals surface area contributed by atoms with Gasteiger partial charge in [0.05, 0.1) is 11.0 Å². The minimum Gasteiger partial charge on any atom is -0.444 e. The fourth-order valence-corrected chi connectivity index (χ4v) is 3.62. The molecule has 0 unspecified atom stereocenters. The van der Waals surface area contributed by atoms with Gasteiger partial charge in [0.1, 0.15) is 24.4 Å². The molecule has 1 saturated heterocycles. The van der Waals surface area contributed by atoms with Crippen LogP contribution < -0.4 is 5.32 Å². The normalized spacial score (nSPS) is 16.6. The van der Waals surface area contributed by atoms with Crippen LogP contribution in [0, 0.1) is 10.1 Å². The number of likely N-dealkylation sites (tertiary alicyclic amines) is 1. The summed E-state index contributed by atoms with van der Waals surface area (Å²) in [6.45, 7) is 1.20. The summed E-state index contributed by atoms with van der Waals surface area (Å²) in [6.07, 6.45) is -9.56. The molecule has 0 radical (unpaired) electrons. The average Bonchev–Trinajstić information content (AvgIpc) is 3.16. The zero-order chi connectivity index (χ0) is 27.5. The maximum atomic E-state index is 12.7. The number of halogens is 6. The van der Waals surface area contributed by atoms with Crippen LogP contribution in [0.25, 0.3) is 0 Å². The zero-order valence-corrected chi connectivity index (χ0v) is 19.7. The molecule has 0 spiro atoms. The number of alkyl halides is 6. The lowest BCUT2D eigenvalue weighted by Crippen LogP contribution is -2.44. The maximum absolute atomic E-state index is 12.7. The summed E-state index contributed by atoms with van der Waals surface area (Å²) in [7, 11) is 0. The molecule has 1 heterocycles. The molecule has 202 valence electrons. The third-order valence-corrected chi connectivity index (χ3v) is 5.00. The third kappa shape index (κ3) is 8.75. The number of carbonyl (C=O) groups excluding carboxylic acids is 2. The number of nitro groups is 1. The van der Waals surface area contributed by atoms with Gasteiger partial charge in [0, 0.05) is 24.7 Å². The van der Waals surface area contributed by atoms with Crippen LogP contribution in [0.2, 0.25) is 0 Å². The van der Waals surface area contributed by atoms with Gasteiger partial charge in [0.25, 0.3) is 11.6 Å². The van der Waals surface area contributed by atoms with Crippen molar-refractivity contribution in [3.8, 4) is 0 Å². The van der Waals surface area contributed by atoms with Crippen molar-refractivity contribution in [3.05, 3.63) is 33.9 Å². The molecule has 2 rings (SSSR count). The quantitative estimate of drug-likeness (QED) is 0.304. The fourth-order valence-electron chi connectivity index (χ4n) is 3.62. The first-order chi connectivity index (χ1) is 16.4. The van der Waals surface area contributed by atoms with Crippen LogP contribution in [0.15, 0.2) is 18.2 Å². The highest BCUT2D eigenvalue weighted by molar-refractivity contribution is 5.95. The lowest BCUT2D eigenvalue weighted by molar-refractivity contribution is -0.384. The van der Waals surface area contributed by atoms with E-state index in [0.717, 1.165) is 12.1 Å². The first kappa shape index (κ1) is 29.0. The summed E-state index contributed by atoms with van der Waals surface area (Å²) in [4.78, 5) is 36.4. The van der Waals surface area contributed by atoms with Crippen molar-refractivity contribution in [2.75, 3.05) is 31.5 Å². The van der Waals surface area contributed by atoms with Gasteiger partial charge in [-0.05, 0) is 45.7 Å². The molecular weight excluding hydrogens is 502 g/mol. The Bertz CT molecular complexity index is 961. The predicted octanol–water partition coefficient (Wildman–Crippen LogP) is 4.97. The molecule has 1 aliphatic heterocycles. The molecule has 15 heteroatoms. The second-order valence-corrected chi connectivity index (χ2v) is 9.23. The van der Waals surface area contributed by atoms with Gasteiger partial charge < -0.3 is 19.9 Å². The molecule has 0 bridgehead atoms. The summed E-state index contributed by atoms with van der Waals surface area (Å²) >= 11 is 0. The zero-order valence-electron chi connectivity index (χ0n) is 19.7. The number of rotatable bonds is 7. The Hall–Kier alpha value is -3.26. The van der Waals surface area contributed by atoms with Crippen molar-refractivity contribution < 1.29 is 45.6 Å². The van der Waals surface area contributed by atoms with Gasteiger partial charge >= 0.3 is 18.4 Å². The number of benzene rings is 1. The van der Waals surface area contributed by atoms with Crippen molar-refractivity contribution in [1.82, 2.24) is 9.80 Å². The number of nitrogens with one attached hydrogen (secondary N) is 1. The van der Waals surface area contributed by atoms with Gasteiger partial charge in [-0.15, -0.1) is 0 Å². The Morgan fingerprint density at radius 3 is 2.22 bits per heavy atom. The topological polar surface area (TPSA) is 105 Å². The van der Waals surface area contributed by atoms with E-state index < -0.39 is 64.1 Å². The van der Waals surface area contributed by atoms with Gasteiger partial charge in [-0.25, -0.2) is 4.79 Å². The Morgan fingerprint density at radius 2 is 1.72 bits per heavy atom. The molecule has 1 aromatic carbocycles. The van der Waals surface area contributed by atoms with Gasteiger partial charge in [-0.1, -0.05) is 0 Å². The SMILES string of the molecule is CC(C)(C)OC(=O)N1CCC[C@H]1CNc1ccc(C(=O)N(CC(F)(F)F)CC(F)(F)F)cc1[N+](=O)[O-]. The van der Waals surface area contributed by atoms with Crippen LogP contribution in [0.3, 0.4) is 0 Å². The third-order valence-electron chi connectivity index (χ3n) is 5.00. The first-order valence-electron chi connectivity index (χ1n) is 10.8. The summed E-state index contributed by atoms with van der Waals surface area (Å²) in [6, 6.07) is 2.16. The van der Waals surface area contributed by atoms with Gasteiger partial charge in [-0.2, -0.15) is 26.3 Å². The number of carbonyl (C=O) groups is 2. The number of anilines is 1. The van der Waals surface area contributed by atoms with E-state index in [2.05, 4.69) is 5.32 Å². The molecule has 1 N–H and O–H groups in total. The van der Waals surface area contributed by atoms with Crippen molar-refractivity contribution >= 4 is 23.4 Å². The van der Waals surface area contributed by atoms with Crippen LogP contribution in [-0.4, -0.2) is 76.9 Å². The first-order valence-corrected chi connectivity index (χ1v) is 10.8. The smallest absolute Gasteiger partial charge is 0.410 e. The Labute approximate surface area is 202 Å². The molecule has 9 nitrogen and oxygen atoms in total. The molecule has 2 amide bonds. The molecule has 0 saturated carbocycles. The van der Waals surface area contributed by atoms with Crippen LogP contribution in [0.5, 0.6) is 0 Å². The van der Waals surface area contributed by atoms with E-state index in [4.69, 9.17) is 4.74 Å². The van der Waals surface area contributed by atoms with E-state index in [1.54, 1.807) is 20.8 Å². The van der Waals surface area contributed by atoms with E-state index in [1.807, 2.05) is 0 Å². The Morgan fingerprint density at radius 1 is 1.14 bits per heavy atom. The van der Waals surface area contributed by atoms with Gasteiger partial charge in [0.2, 0.25) is 0 Å². The summed E-state index contributed by atoms with van der Waals surface area (Å²) in [5, 5.41) is 14.3. The standard InChI is InChI=1S/C21H26F6N4O5/c1-19(2,3)36-18(33)30-8-4-5-14(30)10-28-15-7-6-13(9-16(15)31(34)35)17(32)29(11-20(22,23)24)12-21(25,26)27/h6-7,9,14,28H,4-5,8,10-12H2,1-3H3/t14-/m0/s1. The second kappa shape index (κ2) is 10.8. The van der Waals surface area contributed by atoms with Crippen molar-refractivity contribution in [2.24, 2.45) is 0 Å². The highest BCUT2D eigenvalue weighted by Gasteiger charge is 2.40. The largest absolute Gasteiger partial charge is 0.444 e. The summed E-state index contributed by atoms with van der Waals surface area (Å²) in [5.74, 6) is -1.66. The summed E-state index contributed by atoms with van der Waals surface area (Å²) < 4.78 is 81.8. The summed E-state index contributed by atoms with van der Waals surface area (Å²) in [5.41, 5.74) is -2.28. The average molecular weight is 528 g/mol. The minimum absolute atomic E-state index is 0.0572. The van der Waals surface area contributed by atoms with E-state index in [9.17, 15) is 46.0 Å². The van der Waals surface area contributed by atoms with Crippen molar-refractivity contribution in [1.29, 1.82) is 0 Å². The molecule has 36 heavy (non-hydrogen) atoms. The van der Waals surface area contributed by atoms with Crippen molar-refractivity contribution in [2.45, 2.75) is 57.6 Å². The molecule has 1 atom stereocenters. The number of nitrogens with zero attached hydrogens (tertiary/aromatic N) is 3. The van der Waals surface area contributed by atoms with Crippen molar-refractivity contribution in [3.63, 3.8) is 0 Å². The molecular formula is C21H26F6N4O5. The van der Waals surface area contributed by atoms with Gasteiger partial charge in [-0.3, -0.25) is 14.9 Å². The lowest BCUT2D eigenvalue weighted by Gasteiger charge is -2.29. The molecule has 1 aliphatic rings. The highest BCUT2D eigenvalue weighted by atomic mass is 19.4. The lowest BCUT2D eigenvalue weighted by atomic mass is 10.1. The van der Waals surface area contributed by atoms with E-state index in [1.165, 1.54) is 4.90 Å². The van der Waals surface area contributed by atoms with Gasteiger partial charge in [0.15, 0.2) is 0 Å². The minimum atomic E-state index is -5.12. The number of hydrogen-bond acceptors (Lipinski definition) is 6.